The lowest BCUT2D eigenvalue weighted by Crippen LogP contribution is -2.35. The Morgan fingerprint density at radius 2 is 1.76 bits per heavy atom. The Labute approximate surface area is 215 Å². The molecule has 3 aromatic carbocycles. The Hall–Kier alpha value is -3.72. The van der Waals surface area contributed by atoms with Crippen molar-refractivity contribution in [3.63, 3.8) is 0 Å². The van der Waals surface area contributed by atoms with Crippen molar-refractivity contribution in [3.05, 3.63) is 94.0 Å². The van der Waals surface area contributed by atoms with Gasteiger partial charge in [-0.05, 0) is 47.5 Å². The van der Waals surface area contributed by atoms with Crippen molar-refractivity contribution < 1.29 is 32.2 Å². The van der Waals surface area contributed by atoms with E-state index in [-0.39, 0.29) is 38.2 Å². The van der Waals surface area contributed by atoms with Gasteiger partial charge in [-0.25, -0.2) is 0 Å². The Bertz CT molecular complexity index is 1350. The van der Waals surface area contributed by atoms with Gasteiger partial charge in [0.1, 0.15) is 0 Å². The quantitative estimate of drug-likeness (QED) is 0.489. The number of hydrogen-bond acceptors (Lipinski definition) is 4. The molecule has 0 bridgehead atoms. The van der Waals surface area contributed by atoms with Crippen molar-refractivity contribution in [3.8, 4) is 11.5 Å². The van der Waals surface area contributed by atoms with Gasteiger partial charge in [0.2, 0.25) is 12.7 Å². The number of alkyl halides is 3. The van der Waals surface area contributed by atoms with Crippen LogP contribution >= 0.6 is 11.6 Å². The third kappa shape index (κ3) is 5.36. The number of fused-ring (bicyclic) bond motifs is 1. The average Bonchev–Trinajstić information content (AvgIpc) is 3.54. The van der Waals surface area contributed by atoms with Crippen LogP contribution in [-0.4, -0.2) is 36.6 Å². The molecule has 0 unspecified atom stereocenters. The summed E-state index contributed by atoms with van der Waals surface area (Å²) in [7, 11) is 0. The van der Waals surface area contributed by atoms with Gasteiger partial charge in [0, 0.05) is 36.1 Å². The van der Waals surface area contributed by atoms with Crippen molar-refractivity contribution in [1.29, 1.82) is 0 Å². The van der Waals surface area contributed by atoms with Crippen molar-refractivity contribution >= 4 is 23.4 Å². The molecule has 0 aliphatic carbocycles. The molecule has 0 saturated carbocycles. The molecule has 0 radical (unpaired) electrons. The van der Waals surface area contributed by atoms with Crippen molar-refractivity contribution in [1.82, 2.24) is 10.2 Å². The highest BCUT2D eigenvalue weighted by molar-refractivity contribution is 6.30. The fourth-order valence-corrected chi connectivity index (χ4v) is 4.88. The van der Waals surface area contributed by atoms with E-state index in [0.717, 1.165) is 17.7 Å². The minimum absolute atomic E-state index is 0.0548. The third-order valence-electron chi connectivity index (χ3n) is 6.56. The van der Waals surface area contributed by atoms with Crippen LogP contribution in [0.3, 0.4) is 0 Å². The molecule has 2 heterocycles. The molecule has 2 aliphatic rings. The number of rotatable bonds is 5. The van der Waals surface area contributed by atoms with Crippen molar-refractivity contribution in [2.45, 2.75) is 18.6 Å². The minimum atomic E-state index is -4.53. The molecule has 2 amide bonds. The Kier molecular flexibility index (Phi) is 6.72. The number of carbonyl (C=O) groups excluding carboxylic acids is 2. The van der Waals surface area contributed by atoms with E-state index in [1.807, 2.05) is 0 Å². The maximum Gasteiger partial charge on any atom is 0.416 e. The molecule has 37 heavy (non-hydrogen) atoms. The van der Waals surface area contributed by atoms with Gasteiger partial charge in [-0.3, -0.25) is 9.59 Å². The van der Waals surface area contributed by atoms with Gasteiger partial charge in [-0.2, -0.15) is 13.2 Å². The van der Waals surface area contributed by atoms with Crippen LogP contribution in [0.4, 0.5) is 13.2 Å². The van der Waals surface area contributed by atoms with Gasteiger partial charge in [0.25, 0.3) is 5.91 Å². The number of carbonyl (C=O) groups is 2. The standard InChI is InChI=1S/C27H22ClF3N2O4/c28-20-6-2-4-18(11-20)26(35)33-13-21(17-3-1-5-19(10-17)27(29,30)31)22(14-33)25(34)32-12-16-7-8-23-24(9-16)37-15-36-23/h1-11,21-22H,12-15H2,(H,32,34)/t21-,22+/m1/s1. The van der Waals surface area contributed by atoms with Crippen LogP contribution in [0, 0.1) is 5.92 Å². The lowest BCUT2D eigenvalue weighted by atomic mass is 9.87. The predicted molar refractivity (Wildman–Crippen MR) is 129 cm³/mol. The summed E-state index contributed by atoms with van der Waals surface area (Å²) in [5.41, 5.74) is 0.665. The Morgan fingerprint density at radius 1 is 0.973 bits per heavy atom. The number of halogens is 4. The van der Waals surface area contributed by atoms with E-state index in [4.69, 9.17) is 21.1 Å². The zero-order chi connectivity index (χ0) is 26.2. The molecular weight excluding hydrogens is 509 g/mol. The predicted octanol–water partition coefficient (Wildman–Crippen LogP) is 5.26. The van der Waals surface area contributed by atoms with E-state index >= 15 is 0 Å². The Morgan fingerprint density at radius 3 is 2.54 bits per heavy atom. The van der Waals surface area contributed by atoms with Gasteiger partial charge in [0.15, 0.2) is 11.5 Å². The van der Waals surface area contributed by atoms with Gasteiger partial charge in [0.05, 0.1) is 11.5 Å². The van der Waals surface area contributed by atoms with Gasteiger partial charge < -0.3 is 19.7 Å². The summed E-state index contributed by atoms with van der Waals surface area (Å²) in [5.74, 6) is -0.881. The molecule has 1 N–H and O–H groups in total. The number of nitrogens with zero attached hydrogens (tertiary/aromatic N) is 1. The highest BCUT2D eigenvalue weighted by atomic mass is 35.5. The first-order chi connectivity index (χ1) is 17.7. The van der Waals surface area contributed by atoms with Crippen LogP contribution in [0.1, 0.15) is 33.0 Å². The number of benzene rings is 3. The topological polar surface area (TPSA) is 67.9 Å². The van der Waals surface area contributed by atoms with E-state index in [0.29, 0.717) is 27.6 Å². The van der Waals surface area contributed by atoms with E-state index in [9.17, 15) is 22.8 Å². The zero-order valence-corrected chi connectivity index (χ0v) is 20.2. The second kappa shape index (κ2) is 9.97. The van der Waals surface area contributed by atoms with Gasteiger partial charge in [-0.1, -0.05) is 41.9 Å². The number of nitrogens with one attached hydrogen (secondary N) is 1. The monoisotopic (exact) mass is 530 g/mol. The molecule has 0 aromatic heterocycles. The van der Waals surface area contributed by atoms with Crippen LogP contribution in [0.5, 0.6) is 11.5 Å². The van der Waals surface area contributed by atoms with Gasteiger partial charge >= 0.3 is 6.18 Å². The molecule has 2 atom stereocenters. The molecule has 192 valence electrons. The molecule has 1 saturated heterocycles. The summed E-state index contributed by atoms with van der Waals surface area (Å²) < 4.78 is 50.9. The van der Waals surface area contributed by atoms with Crippen LogP contribution in [0.25, 0.3) is 0 Å². The SMILES string of the molecule is O=C(NCc1ccc2c(c1)OCO2)[C@H]1CN(C(=O)c2cccc(Cl)c2)C[C@@H]1c1cccc(C(F)(F)F)c1. The zero-order valence-electron chi connectivity index (χ0n) is 19.4. The molecule has 5 rings (SSSR count). The summed E-state index contributed by atoms with van der Waals surface area (Å²) in [4.78, 5) is 28.0. The van der Waals surface area contributed by atoms with E-state index in [1.54, 1.807) is 42.5 Å². The number of amides is 2. The fraction of sp³-hybridized carbons (Fsp3) is 0.259. The largest absolute Gasteiger partial charge is 0.454 e. The van der Waals surface area contributed by atoms with Crippen LogP contribution in [-0.2, 0) is 17.5 Å². The normalized spacial score (nSPS) is 18.6. The van der Waals surface area contributed by atoms with Crippen molar-refractivity contribution in [2.24, 2.45) is 5.92 Å². The molecule has 3 aromatic rings. The number of hydrogen-bond donors (Lipinski definition) is 1. The highest BCUT2D eigenvalue weighted by Gasteiger charge is 2.41. The first-order valence-electron chi connectivity index (χ1n) is 11.6. The maximum atomic E-state index is 13.4. The van der Waals surface area contributed by atoms with E-state index in [2.05, 4.69) is 5.32 Å². The summed E-state index contributed by atoms with van der Waals surface area (Å²) in [6.45, 7) is 0.458. The summed E-state index contributed by atoms with van der Waals surface area (Å²) in [6.07, 6.45) is -4.53. The lowest BCUT2D eigenvalue weighted by Gasteiger charge is -2.19. The highest BCUT2D eigenvalue weighted by Crippen LogP contribution is 2.37. The minimum Gasteiger partial charge on any atom is -0.454 e. The fourth-order valence-electron chi connectivity index (χ4n) is 4.69. The summed E-state index contributed by atoms with van der Waals surface area (Å²) in [5, 5.41) is 3.25. The van der Waals surface area contributed by atoms with Crippen LogP contribution in [0.2, 0.25) is 5.02 Å². The van der Waals surface area contributed by atoms with E-state index < -0.39 is 23.6 Å². The van der Waals surface area contributed by atoms with Crippen molar-refractivity contribution in [2.75, 3.05) is 19.9 Å². The first kappa shape index (κ1) is 25.0. The molecule has 10 heteroatoms. The third-order valence-corrected chi connectivity index (χ3v) is 6.80. The van der Waals surface area contributed by atoms with E-state index in [1.165, 1.54) is 17.0 Å². The van der Waals surface area contributed by atoms with Crippen LogP contribution < -0.4 is 14.8 Å². The maximum absolute atomic E-state index is 13.4. The molecular formula is C27H22ClF3N2O4. The second-order valence-corrected chi connectivity index (χ2v) is 9.40. The number of likely N-dealkylation sites (tertiary alicyclic amines) is 1. The molecule has 0 spiro atoms. The molecule has 2 aliphatic heterocycles. The smallest absolute Gasteiger partial charge is 0.416 e. The second-order valence-electron chi connectivity index (χ2n) is 8.96. The lowest BCUT2D eigenvalue weighted by molar-refractivity contribution is -0.137. The molecule has 1 fully saturated rings. The van der Waals surface area contributed by atoms with Crippen LogP contribution in [0.15, 0.2) is 66.7 Å². The summed E-state index contributed by atoms with van der Waals surface area (Å²) in [6, 6.07) is 16.6. The summed E-state index contributed by atoms with van der Waals surface area (Å²) >= 11 is 6.04. The first-order valence-corrected chi connectivity index (χ1v) is 11.9. The average molecular weight is 531 g/mol. The van der Waals surface area contributed by atoms with Gasteiger partial charge in [-0.15, -0.1) is 0 Å². The molecule has 6 nitrogen and oxygen atoms in total. The number of ether oxygens (including phenoxy) is 2. The Balaban J connectivity index is 1.38.